The maximum Gasteiger partial charge on any atom is 0.0715 e. The van der Waals surface area contributed by atoms with Crippen molar-refractivity contribution in [1.29, 1.82) is 0 Å². The molecule has 3 rings (SSSR count). The molecule has 1 saturated carbocycles. The molecule has 1 aromatic heterocycles. The van der Waals surface area contributed by atoms with Crippen molar-refractivity contribution in [3.63, 3.8) is 0 Å². The monoisotopic (exact) mass is 262 g/mol. The predicted octanol–water partition coefficient (Wildman–Crippen LogP) is 3.20. The van der Waals surface area contributed by atoms with Crippen molar-refractivity contribution in [3.8, 4) is 5.69 Å². The Balaban J connectivity index is 2.10. The van der Waals surface area contributed by atoms with Gasteiger partial charge in [-0.05, 0) is 37.5 Å². The number of aryl methyl sites for hydroxylation is 1. The number of nitrogens with zero attached hydrogens (tertiary/aromatic N) is 2. The van der Waals surface area contributed by atoms with Crippen LogP contribution in [0.1, 0.15) is 35.6 Å². The van der Waals surface area contributed by atoms with Crippen molar-refractivity contribution >= 4 is 11.6 Å². The molecule has 1 N–H and O–H groups in total. The van der Waals surface area contributed by atoms with Crippen LogP contribution in [-0.2, 0) is 6.61 Å². The zero-order valence-electron chi connectivity index (χ0n) is 10.2. The number of hydrogen-bond donors (Lipinski definition) is 1. The Bertz CT molecular complexity index is 587. The topological polar surface area (TPSA) is 38.0 Å². The number of benzene rings is 1. The molecule has 18 heavy (non-hydrogen) atoms. The van der Waals surface area contributed by atoms with Gasteiger partial charge in [-0.3, -0.25) is 0 Å². The van der Waals surface area contributed by atoms with E-state index in [1.54, 1.807) is 6.20 Å². The van der Waals surface area contributed by atoms with Gasteiger partial charge < -0.3 is 5.11 Å². The van der Waals surface area contributed by atoms with Crippen molar-refractivity contribution in [2.24, 2.45) is 0 Å². The van der Waals surface area contributed by atoms with Crippen LogP contribution < -0.4 is 0 Å². The van der Waals surface area contributed by atoms with Gasteiger partial charge in [-0.1, -0.05) is 17.7 Å². The summed E-state index contributed by atoms with van der Waals surface area (Å²) in [6.07, 6.45) is 4.11. The normalized spacial score (nSPS) is 15.1. The number of aromatic nitrogens is 2. The second kappa shape index (κ2) is 4.41. The van der Waals surface area contributed by atoms with Gasteiger partial charge in [0.2, 0.25) is 0 Å². The van der Waals surface area contributed by atoms with Crippen LogP contribution in [-0.4, -0.2) is 14.9 Å². The Kier molecular flexibility index (Phi) is 2.88. The van der Waals surface area contributed by atoms with Gasteiger partial charge in [0.1, 0.15) is 0 Å². The maximum absolute atomic E-state index is 9.37. The fourth-order valence-electron chi connectivity index (χ4n) is 2.22. The van der Waals surface area contributed by atoms with E-state index < -0.39 is 0 Å². The van der Waals surface area contributed by atoms with Gasteiger partial charge in [-0.15, -0.1) is 0 Å². The summed E-state index contributed by atoms with van der Waals surface area (Å²) in [4.78, 5) is 0. The van der Waals surface area contributed by atoms with E-state index in [1.165, 1.54) is 12.8 Å². The van der Waals surface area contributed by atoms with Crippen LogP contribution in [0.25, 0.3) is 5.69 Å². The minimum Gasteiger partial charge on any atom is -0.392 e. The zero-order chi connectivity index (χ0) is 12.7. The summed E-state index contributed by atoms with van der Waals surface area (Å²) in [6.45, 7) is 2.03. The molecule has 3 nitrogen and oxygen atoms in total. The first-order chi connectivity index (χ1) is 8.70. The lowest BCUT2D eigenvalue weighted by molar-refractivity contribution is 0.280. The average Bonchev–Trinajstić information content (AvgIpc) is 3.12. The predicted molar refractivity (Wildman–Crippen MR) is 71.2 cm³/mol. The van der Waals surface area contributed by atoms with Crippen molar-refractivity contribution in [2.75, 3.05) is 0 Å². The summed E-state index contributed by atoms with van der Waals surface area (Å²) in [7, 11) is 0. The van der Waals surface area contributed by atoms with Crippen LogP contribution in [0.15, 0.2) is 24.4 Å². The highest BCUT2D eigenvalue weighted by Crippen LogP contribution is 2.42. The fourth-order valence-corrected chi connectivity index (χ4v) is 2.40. The molecule has 1 heterocycles. The van der Waals surface area contributed by atoms with Gasteiger partial charge in [0.15, 0.2) is 0 Å². The molecule has 1 fully saturated rings. The first-order valence-electron chi connectivity index (χ1n) is 6.15. The summed E-state index contributed by atoms with van der Waals surface area (Å²) in [5, 5.41) is 14.5. The summed E-state index contributed by atoms with van der Waals surface area (Å²) in [6, 6.07) is 5.94. The lowest BCUT2D eigenvalue weighted by atomic mass is 10.1. The molecular formula is C14H15ClN2O. The number of halogens is 1. The Labute approximate surface area is 111 Å². The van der Waals surface area contributed by atoms with E-state index >= 15 is 0 Å². The van der Waals surface area contributed by atoms with E-state index in [9.17, 15) is 5.11 Å². The molecule has 0 saturated heterocycles. The Morgan fingerprint density at radius 1 is 1.44 bits per heavy atom. The number of aliphatic hydroxyl groups excluding tert-OH is 1. The summed E-state index contributed by atoms with van der Waals surface area (Å²) >= 11 is 6.16. The highest BCUT2D eigenvalue weighted by atomic mass is 35.5. The number of hydrogen-bond acceptors (Lipinski definition) is 2. The third-order valence-electron chi connectivity index (χ3n) is 3.42. The van der Waals surface area contributed by atoms with Crippen molar-refractivity contribution < 1.29 is 5.11 Å². The minimum atomic E-state index is 0.0471. The highest BCUT2D eigenvalue weighted by molar-refractivity contribution is 6.31. The molecule has 2 aromatic rings. The first-order valence-corrected chi connectivity index (χ1v) is 6.52. The molecule has 0 spiro atoms. The van der Waals surface area contributed by atoms with E-state index in [1.807, 2.05) is 29.8 Å². The summed E-state index contributed by atoms with van der Waals surface area (Å²) in [5.41, 5.74) is 4.08. The second-order valence-corrected chi connectivity index (χ2v) is 5.24. The molecule has 1 aromatic carbocycles. The molecule has 0 radical (unpaired) electrons. The Hall–Kier alpha value is -1.32. The third-order valence-corrected chi connectivity index (χ3v) is 3.83. The summed E-state index contributed by atoms with van der Waals surface area (Å²) in [5.74, 6) is 0.537. The number of aliphatic hydroxyl groups is 1. The molecule has 0 bridgehead atoms. The lowest BCUT2D eigenvalue weighted by Gasteiger charge is -2.09. The third kappa shape index (κ3) is 1.93. The van der Waals surface area contributed by atoms with Crippen LogP contribution in [0.4, 0.5) is 0 Å². The molecule has 94 valence electrons. The van der Waals surface area contributed by atoms with E-state index in [-0.39, 0.29) is 6.61 Å². The second-order valence-electron chi connectivity index (χ2n) is 4.83. The number of rotatable bonds is 3. The van der Waals surface area contributed by atoms with Crippen LogP contribution in [0.2, 0.25) is 5.02 Å². The average molecular weight is 263 g/mol. The van der Waals surface area contributed by atoms with Crippen LogP contribution in [0.5, 0.6) is 0 Å². The smallest absolute Gasteiger partial charge is 0.0715 e. The Morgan fingerprint density at radius 2 is 2.22 bits per heavy atom. The van der Waals surface area contributed by atoms with E-state index in [0.29, 0.717) is 5.92 Å². The van der Waals surface area contributed by atoms with Gasteiger partial charge in [-0.25, -0.2) is 4.68 Å². The van der Waals surface area contributed by atoms with Gasteiger partial charge in [0.05, 0.1) is 24.2 Å². The first kappa shape index (κ1) is 11.8. The highest BCUT2D eigenvalue weighted by Gasteiger charge is 2.30. The molecule has 0 amide bonds. The van der Waals surface area contributed by atoms with Crippen LogP contribution in [0.3, 0.4) is 0 Å². The SMILES string of the molecule is Cc1ccc(-n2ncc(CO)c2C2CC2)cc1Cl. The summed E-state index contributed by atoms with van der Waals surface area (Å²) < 4.78 is 1.91. The molecule has 1 aliphatic rings. The minimum absolute atomic E-state index is 0.0471. The molecule has 0 unspecified atom stereocenters. The van der Waals surface area contributed by atoms with Gasteiger partial charge >= 0.3 is 0 Å². The fraction of sp³-hybridized carbons (Fsp3) is 0.357. The van der Waals surface area contributed by atoms with E-state index in [4.69, 9.17) is 11.6 Å². The standard InChI is InChI=1S/C14H15ClN2O/c1-9-2-5-12(6-13(9)15)17-14(10-3-4-10)11(8-18)7-16-17/h2,5-7,10,18H,3-4,8H2,1H3. The molecule has 4 heteroatoms. The van der Waals surface area contributed by atoms with Gasteiger partial charge in [0, 0.05) is 16.5 Å². The molecule has 0 aliphatic heterocycles. The van der Waals surface area contributed by atoms with Crippen LogP contribution >= 0.6 is 11.6 Å². The molecule has 1 aliphatic carbocycles. The molecular weight excluding hydrogens is 248 g/mol. The van der Waals surface area contributed by atoms with Gasteiger partial charge in [0.25, 0.3) is 0 Å². The Morgan fingerprint density at radius 3 is 2.83 bits per heavy atom. The largest absolute Gasteiger partial charge is 0.392 e. The van der Waals surface area contributed by atoms with Crippen molar-refractivity contribution in [2.45, 2.75) is 32.3 Å². The van der Waals surface area contributed by atoms with Gasteiger partial charge in [-0.2, -0.15) is 5.10 Å². The lowest BCUT2D eigenvalue weighted by Crippen LogP contribution is -2.03. The van der Waals surface area contributed by atoms with Crippen LogP contribution in [0, 0.1) is 6.92 Å². The van der Waals surface area contributed by atoms with Crippen molar-refractivity contribution in [1.82, 2.24) is 9.78 Å². The quantitative estimate of drug-likeness (QED) is 0.922. The van der Waals surface area contributed by atoms with E-state index in [2.05, 4.69) is 5.10 Å². The van der Waals surface area contributed by atoms with E-state index in [0.717, 1.165) is 27.5 Å². The van der Waals surface area contributed by atoms with Crippen molar-refractivity contribution in [3.05, 3.63) is 46.2 Å². The molecule has 0 atom stereocenters. The zero-order valence-corrected chi connectivity index (χ0v) is 11.0. The maximum atomic E-state index is 9.37.